The molecule has 1 aromatic rings. The van der Waals surface area contributed by atoms with Crippen LogP contribution in [-0.2, 0) is 0 Å². The molecule has 3 N–H and O–H groups in total. The molecule has 0 saturated carbocycles. The molecule has 1 atom stereocenters. The molecular formula is C10H17N3. The van der Waals surface area contributed by atoms with E-state index in [-0.39, 0.29) is 6.04 Å². The number of nitrogens with two attached hydrogens (primary N) is 1. The molecular weight excluding hydrogens is 162 g/mol. The monoisotopic (exact) mass is 179 g/mol. The predicted octanol–water partition coefficient (Wildman–Crippen LogP) is 1.55. The molecule has 0 aliphatic rings. The van der Waals surface area contributed by atoms with Gasteiger partial charge in [0.05, 0.1) is 11.7 Å². The van der Waals surface area contributed by atoms with Gasteiger partial charge in [-0.3, -0.25) is 16.3 Å². The third-order valence-electron chi connectivity index (χ3n) is 2.10. The molecule has 72 valence electrons. The Kier molecular flexibility index (Phi) is 3.39. The maximum absolute atomic E-state index is 5.47. The van der Waals surface area contributed by atoms with E-state index in [1.165, 1.54) is 5.56 Å². The van der Waals surface area contributed by atoms with Crippen LogP contribution in [0.2, 0.25) is 0 Å². The van der Waals surface area contributed by atoms with Crippen LogP contribution in [0.25, 0.3) is 0 Å². The van der Waals surface area contributed by atoms with E-state index in [1.54, 1.807) is 0 Å². The molecule has 1 rings (SSSR count). The maximum Gasteiger partial charge on any atom is 0.0655 e. The van der Waals surface area contributed by atoms with E-state index >= 15 is 0 Å². The minimum Gasteiger partial charge on any atom is -0.271 e. The molecule has 1 heterocycles. The predicted molar refractivity (Wildman–Crippen MR) is 53.9 cm³/mol. The second-order valence-corrected chi connectivity index (χ2v) is 3.65. The Morgan fingerprint density at radius 2 is 2.15 bits per heavy atom. The molecule has 1 unspecified atom stereocenters. The second kappa shape index (κ2) is 4.35. The van der Waals surface area contributed by atoms with Gasteiger partial charge >= 0.3 is 0 Å². The molecule has 0 radical (unpaired) electrons. The standard InChI is InChI=1S/C10H17N3/c1-7(2)10(13-11)9-6-8(3)4-5-12-9/h4-7,10,13H,11H2,1-3H3. The van der Waals surface area contributed by atoms with Crippen LogP contribution in [0, 0.1) is 12.8 Å². The van der Waals surface area contributed by atoms with Crippen LogP contribution < -0.4 is 11.3 Å². The molecule has 3 nitrogen and oxygen atoms in total. The zero-order valence-corrected chi connectivity index (χ0v) is 8.41. The lowest BCUT2D eigenvalue weighted by atomic mass is 10.0. The minimum absolute atomic E-state index is 0.139. The number of hydrogen-bond acceptors (Lipinski definition) is 3. The Morgan fingerprint density at radius 3 is 2.62 bits per heavy atom. The van der Waals surface area contributed by atoms with E-state index in [4.69, 9.17) is 5.84 Å². The first-order chi connectivity index (χ1) is 6.15. The van der Waals surface area contributed by atoms with Gasteiger partial charge in [0.2, 0.25) is 0 Å². The highest BCUT2D eigenvalue weighted by Crippen LogP contribution is 2.18. The minimum atomic E-state index is 0.139. The average molecular weight is 179 g/mol. The number of pyridine rings is 1. The first-order valence-electron chi connectivity index (χ1n) is 4.54. The van der Waals surface area contributed by atoms with E-state index in [0.29, 0.717) is 5.92 Å². The van der Waals surface area contributed by atoms with Gasteiger partial charge in [-0.2, -0.15) is 0 Å². The summed E-state index contributed by atoms with van der Waals surface area (Å²) >= 11 is 0. The summed E-state index contributed by atoms with van der Waals surface area (Å²) in [5, 5.41) is 0. The summed E-state index contributed by atoms with van der Waals surface area (Å²) in [6.45, 7) is 6.29. The fourth-order valence-corrected chi connectivity index (χ4v) is 1.35. The highest BCUT2D eigenvalue weighted by molar-refractivity contribution is 5.17. The lowest BCUT2D eigenvalue weighted by Crippen LogP contribution is -2.32. The highest BCUT2D eigenvalue weighted by Gasteiger charge is 2.14. The van der Waals surface area contributed by atoms with E-state index in [0.717, 1.165) is 5.69 Å². The molecule has 0 saturated heterocycles. The number of aryl methyl sites for hydroxylation is 1. The van der Waals surface area contributed by atoms with Gasteiger partial charge in [-0.25, -0.2) is 0 Å². The van der Waals surface area contributed by atoms with Crippen LogP contribution in [0.3, 0.4) is 0 Å². The van der Waals surface area contributed by atoms with Crippen molar-refractivity contribution in [3.8, 4) is 0 Å². The number of aromatic nitrogens is 1. The van der Waals surface area contributed by atoms with Gasteiger partial charge in [0.25, 0.3) is 0 Å². The van der Waals surface area contributed by atoms with Gasteiger partial charge in [0, 0.05) is 6.20 Å². The molecule has 0 aliphatic carbocycles. The van der Waals surface area contributed by atoms with Crippen molar-refractivity contribution in [1.29, 1.82) is 0 Å². The smallest absolute Gasteiger partial charge is 0.0655 e. The van der Waals surface area contributed by atoms with Gasteiger partial charge in [-0.05, 0) is 30.5 Å². The third kappa shape index (κ3) is 2.50. The Labute approximate surface area is 79.3 Å². The first-order valence-corrected chi connectivity index (χ1v) is 4.54. The van der Waals surface area contributed by atoms with Crippen molar-refractivity contribution in [2.75, 3.05) is 0 Å². The summed E-state index contributed by atoms with van der Waals surface area (Å²) < 4.78 is 0. The van der Waals surface area contributed by atoms with Crippen molar-refractivity contribution in [2.24, 2.45) is 11.8 Å². The van der Waals surface area contributed by atoms with Gasteiger partial charge in [0.1, 0.15) is 0 Å². The number of nitrogens with one attached hydrogen (secondary N) is 1. The molecule has 3 heteroatoms. The summed E-state index contributed by atoms with van der Waals surface area (Å²) in [7, 11) is 0. The SMILES string of the molecule is Cc1ccnc(C(NN)C(C)C)c1. The average Bonchev–Trinajstić information content (AvgIpc) is 2.04. The summed E-state index contributed by atoms with van der Waals surface area (Å²) in [6, 6.07) is 4.18. The van der Waals surface area contributed by atoms with Crippen LogP contribution in [-0.4, -0.2) is 4.98 Å². The van der Waals surface area contributed by atoms with E-state index in [2.05, 4.69) is 37.2 Å². The van der Waals surface area contributed by atoms with Gasteiger partial charge < -0.3 is 0 Å². The third-order valence-corrected chi connectivity index (χ3v) is 2.10. The van der Waals surface area contributed by atoms with E-state index in [1.807, 2.05) is 12.3 Å². The van der Waals surface area contributed by atoms with Gasteiger partial charge in [-0.1, -0.05) is 13.8 Å². The normalized spacial score (nSPS) is 13.3. The quantitative estimate of drug-likeness (QED) is 0.546. The van der Waals surface area contributed by atoms with Crippen molar-refractivity contribution in [3.05, 3.63) is 29.6 Å². The molecule has 0 amide bonds. The fraction of sp³-hybridized carbons (Fsp3) is 0.500. The van der Waals surface area contributed by atoms with Crippen molar-refractivity contribution in [3.63, 3.8) is 0 Å². The van der Waals surface area contributed by atoms with Gasteiger partial charge in [-0.15, -0.1) is 0 Å². The van der Waals surface area contributed by atoms with Crippen molar-refractivity contribution in [1.82, 2.24) is 10.4 Å². The molecule has 0 aromatic carbocycles. The van der Waals surface area contributed by atoms with Crippen molar-refractivity contribution < 1.29 is 0 Å². The largest absolute Gasteiger partial charge is 0.271 e. The number of hydrazine groups is 1. The second-order valence-electron chi connectivity index (χ2n) is 3.65. The van der Waals surface area contributed by atoms with Crippen molar-refractivity contribution >= 4 is 0 Å². The number of rotatable bonds is 3. The fourth-order valence-electron chi connectivity index (χ4n) is 1.35. The Balaban J connectivity index is 2.91. The molecule has 0 spiro atoms. The summed E-state index contributed by atoms with van der Waals surface area (Å²) in [4.78, 5) is 4.29. The van der Waals surface area contributed by atoms with E-state index < -0.39 is 0 Å². The summed E-state index contributed by atoms with van der Waals surface area (Å²) in [5.74, 6) is 5.91. The molecule has 0 fully saturated rings. The Morgan fingerprint density at radius 1 is 1.46 bits per heavy atom. The van der Waals surface area contributed by atoms with Crippen LogP contribution in [0.15, 0.2) is 18.3 Å². The number of nitrogens with zero attached hydrogens (tertiary/aromatic N) is 1. The summed E-state index contributed by atoms with van der Waals surface area (Å²) in [6.07, 6.45) is 1.82. The van der Waals surface area contributed by atoms with Crippen LogP contribution in [0.5, 0.6) is 0 Å². The van der Waals surface area contributed by atoms with Gasteiger partial charge in [0.15, 0.2) is 0 Å². The topological polar surface area (TPSA) is 50.9 Å². The lowest BCUT2D eigenvalue weighted by molar-refractivity contribution is 0.412. The van der Waals surface area contributed by atoms with Crippen molar-refractivity contribution in [2.45, 2.75) is 26.8 Å². The lowest BCUT2D eigenvalue weighted by Gasteiger charge is -2.19. The number of hydrogen-bond donors (Lipinski definition) is 2. The summed E-state index contributed by atoms with van der Waals surface area (Å²) in [5.41, 5.74) is 5.01. The Bertz CT molecular complexity index is 271. The molecule has 1 aromatic heterocycles. The maximum atomic E-state index is 5.47. The zero-order chi connectivity index (χ0) is 9.84. The Hall–Kier alpha value is -0.930. The van der Waals surface area contributed by atoms with Crippen LogP contribution in [0.1, 0.15) is 31.1 Å². The van der Waals surface area contributed by atoms with Crippen LogP contribution in [0.4, 0.5) is 0 Å². The van der Waals surface area contributed by atoms with Crippen LogP contribution >= 0.6 is 0 Å². The van der Waals surface area contributed by atoms with E-state index in [9.17, 15) is 0 Å². The molecule has 0 bridgehead atoms. The highest BCUT2D eigenvalue weighted by atomic mass is 15.2. The zero-order valence-electron chi connectivity index (χ0n) is 8.41. The molecule has 13 heavy (non-hydrogen) atoms. The first kappa shape index (κ1) is 10.2. The molecule has 0 aliphatic heterocycles.